The summed E-state index contributed by atoms with van der Waals surface area (Å²) in [5.74, 6) is 0.554. The van der Waals surface area contributed by atoms with E-state index in [1.165, 1.54) is 69.8 Å². The zero-order valence-corrected chi connectivity index (χ0v) is 16.9. The number of carbonyl (C=O) groups is 1. The first kappa shape index (κ1) is 22.5. The quantitative estimate of drug-likeness (QED) is 0.184. The summed E-state index contributed by atoms with van der Waals surface area (Å²) in [6.07, 6.45) is 15.9. The lowest BCUT2D eigenvalue weighted by Gasteiger charge is -2.06. The Kier molecular flexibility index (Phi) is 13.6. The molecular weight excluding hydrogens is 324 g/mol. The summed E-state index contributed by atoms with van der Waals surface area (Å²) in [5, 5.41) is 0. The lowest BCUT2D eigenvalue weighted by Crippen LogP contribution is -2.11. The van der Waals surface area contributed by atoms with Crippen LogP contribution in [-0.2, 0) is 11.2 Å². The molecule has 26 heavy (non-hydrogen) atoms. The summed E-state index contributed by atoms with van der Waals surface area (Å²) in [4.78, 5) is 11.5. The standard InChI is InChI=1S/C23H38O3/c1-3-5-7-8-9-10-11-12-13-14-15-21-16-18-22(19-17-21)26-23(24)25-20-6-4-2/h16-19H,3-15,20H2,1-2H3. The molecule has 0 heterocycles. The zero-order valence-electron chi connectivity index (χ0n) is 16.9. The number of unbranched alkanes of at least 4 members (excludes halogenated alkanes) is 10. The first-order valence-electron chi connectivity index (χ1n) is 10.7. The lowest BCUT2D eigenvalue weighted by atomic mass is 10.0. The van der Waals surface area contributed by atoms with Crippen LogP contribution in [0.3, 0.4) is 0 Å². The average Bonchev–Trinajstić information content (AvgIpc) is 2.65. The van der Waals surface area contributed by atoms with Crippen LogP contribution in [0, 0.1) is 0 Å². The van der Waals surface area contributed by atoms with Gasteiger partial charge in [0.15, 0.2) is 0 Å². The fourth-order valence-corrected chi connectivity index (χ4v) is 2.97. The van der Waals surface area contributed by atoms with Gasteiger partial charge in [0.1, 0.15) is 5.75 Å². The van der Waals surface area contributed by atoms with E-state index in [-0.39, 0.29) is 0 Å². The second kappa shape index (κ2) is 15.7. The molecule has 3 nitrogen and oxygen atoms in total. The van der Waals surface area contributed by atoms with Gasteiger partial charge in [0.25, 0.3) is 0 Å². The van der Waals surface area contributed by atoms with Crippen molar-refractivity contribution in [3.05, 3.63) is 29.8 Å². The van der Waals surface area contributed by atoms with E-state index < -0.39 is 6.16 Å². The van der Waals surface area contributed by atoms with E-state index in [2.05, 4.69) is 13.8 Å². The number of rotatable bonds is 15. The number of carbonyl (C=O) groups excluding carboxylic acids is 1. The molecule has 0 fully saturated rings. The van der Waals surface area contributed by atoms with Gasteiger partial charge < -0.3 is 9.47 Å². The maximum Gasteiger partial charge on any atom is 0.513 e. The predicted octanol–water partition coefficient (Wildman–Crippen LogP) is 7.47. The maximum atomic E-state index is 11.5. The van der Waals surface area contributed by atoms with Crippen LogP contribution in [0.25, 0.3) is 0 Å². The van der Waals surface area contributed by atoms with Crippen molar-refractivity contribution in [1.29, 1.82) is 0 Å². The maximum absolute atomic E-state index is 11.5. The minimum atomic E-state index is -0.610. The smallest absolute Gasteiger partial charge is 0.434 e. The van der Waals surface area contributed by atoms with Crippen LogP contribution in [0.5, 0.6) is 5.75 Å². The van der Waals surface area contributed by atoms with Gasteiger partial charge in [-0.3, -0.25) is 0 Å². The van der Waals surface area contributed by atoms with E-state index in [0.717, 1.165) is 19.3 Å². The highest BCUT2D eigenvalue weighted by Crippen LogP contribution is 2.16. The molecule has 0 aliphatic carbocycles. The van der Waals surface area contributed by atoms with E-state index in [0.29, 0.717) is 12.4 Å². The van der Waals surface area contributed by atoms with Crippen molar-refractivity contribution in [2.75, 3.05) is 6.61 Å². The van der Waals surface area contributed by atoms with Gasteiger partial charge in [0, 0.05) is 0 Å². The van der Waals surface area contributed by atoms with Gasteiger partial charge in [-0.2, -0.15) is 0 Å². The number of aryl methyl sites for hydroxylation is 1. The zero-order chi connectivity index (χ0) is 18.9. The van der Waals surface area contributed by atoms with Crippen LogP contribution in [0.2, 0.25) is 0 Å². The van der Waals surface area contributed by atoms with Gasteiger partial charge in [0.05, 0.1) is 6.61 Å². The monoisotopic (exact) mass is 362 g/mol. The summed E-state index contributed by atoms with van der Waals surface area (Å²) in [6.45, 7) is 4.75. The largest absolute Gasteiger partial charge is 0.513 e. The Morgan fingerprint density at radius 1 is 0.731 bits per heavy atom. The van der Waals surface area contributed by atoms with Crippen LogP contribution < -0.4 is 4.74 Å². The molecule has 0 aliphatic heterocycles. The van der Waals surface area contributed by atoms with Gasteiger partial charge in [-0.15, -0.1) is 0 Å². The summed E-state index contributed by atoms with van der Waals surface area (Å²) < 4.78 is 10.2. The van der Waals surface area contributed by atoms with Crippen molar-refractivity contribution >= 4 is 6.16 Å². The second-order valence-electron chi connectivity index (χ2n) is 7.13. The molecule has 0 saturated carbocycles. The van der Waals surface area contributed by atoms with E-state index >= 15 is 0 Å². The molecule has 0 unspecified atom stereocenters. The first-order valence-corrected chi connectivity index (χ1v) is 10.7. The van der Waals surface area contributed by atoms with Gasteiger partial charge >= 0.3 is 6.16 Å². The highest BCUT2D eigenvalue weighted by atomic mass is 16.7. The molecular formula is C23H38O3. The Balaban J connectivity index is 2.05. The van der Waals surface area contributed by atoms with Crippen LogP contribution in [0.4, 0.5) is 4.79 Å². The van der Waals surface area contributed by atoms with E-state index in [1.807, 2.05) is 24.3 Å². The van der Waals surface area contributed by atoms with Crippen LogP contribution in [0.1, 0.15) is 96.5 Å². The van der Waals surface area contributed by atoms with Crippen LogP contribution in [0.15, 0.2) is 24.3 Å². The minimum Gasteiger partial charge on any atom is -0.434 e. The highest BCUT2D eigenvalue weighted by Gasteiger charge is 2.05. The third kappa shape index (κ3) is 11.9. The normalized spacial score (nSPS) is 10.7. The van der Waals surface area contributed by atoms with Gasteiger partial charge in [0.2, 0.25) is 0 Å². The fraction of sp³-hybridized carbons (Fsp3) is 0.696. The number of hydrogen-bond donors (Lipinski definition) is 0. The van der Waals surface area contributed by atoms with Gasteiger partial charge in [-0.25, -0.2) is 4.79 Å². The Labute approximate surface area is 160 Å². The first-order chi connectivity index (χ1) is 12.8. The Morgan fingerprint density at radius 3 is 1.85 bits per heavy atom. The molecule has 0 radical (unpaired) electrons. The topological polar surface area (TPSA) is 35.5 Å². The molecule has 1 aromatic carbocycles. The summed E-state index contributed by atoms with van der Waals surface area (Å²) in [5.41, 5.74) is 1.30. The minimum absolute atomic E-state index is 0.423. The molecule has 0 saturated heterocycles. The van der Waals surface area contributed by atoms with Crippen LogP contribution in [-0.4, -0.2) is 12.8 Å². The van der Waals surface area contributed by atoms with Crippen molar-refractivity contribution in [3.8, 4) is 5.75 Å². The molecule has 1 rings (SSSR count). The summed E-state index contributed by atoms with van der Waals surface area (Å²) >= 11 is 0. The molecule has 0 aromatic heterocycles. The predicted molar refractivity (Wildman–Crippen MR) is 109 cm³/mol. The van der Waals surface area contributed by atoms with Crippen molar-refractivity contribution in [2.24, 2.45) is 0 Å². The van der Waals surface area contributed by atoms with Crippen molar-refractivity contribution < 1.29 is 14.3 Å². The SMILES string of the molecule is CCCCCCCCCCCCc1ccc(OC(=O)OCCCC)cc1. The van der Waals surface area contributed by atoms with Crippen LogP contribution >= 0.6 is 0 Å². The van der Waals surface area contributed by atoms with Crippen molar-refractivity contribution in [1.82, 2.24) is 0 Å². The molecule has 1 aromatic rings. The number of benzene rings is 1. The highest BCUT2D eigenvalue weighted by molar-refractivity contribution is 5.63. The van der Waals surface area contributed by atoms with E-state index in [9.17, 15) is 4.79 Å². The fourth-order valence-electron chi connectivity index (χ4n) is 2.97. The van der Waals surface area contributed by atoms with Gasteiger partial charge in [-0.1, -0.05) is 90.2 Å². The van der Waals surface area contributed by atoms with Crippen molar-refractivity contribution in [2.45, 2.75) is 97.3 Å². The summed E-state index contributed by atoms with van der Waals surface area (Å²) in [7, 11) is 0. The molecule has 0 N–H and O–H groups in total. The lowest BCUT2D eigenvalue weighted by molar-refractivity contribution is 0.0978. The molecule has 148 valence electrons. The second-order valence-corrected chi connectivity index (χ2v) is 7.13. The molecule has 0 amide bonds. The van der Waals surface area contributed by atoms with E-state index in [4.69, 9.17) is 9.47 Å². The molecule has 0 bridgehead atoms. The number of ether oxygens (including phenoxy) is 2. The average molecular weight is 363 g/mol. The molecule has 3 heteroatoms. The summed E-state index contributed by atoms with van der Waals surface area (Å²) in [6, 6.07) is 7.80. The molecule has 0 atom stereocenters. The molecule has 0 aliphatic rings. The Bertz CT molecular complexity index is 453. The third-order valence-electron chi connectivity index (χ3n) is 4.66. The third-order valence-corrected chi connectivity index (χ3v) is 4.66. The Hall–Kier alpha value is -1.51. The Morgan fingerprint density at radius 2 is 1.27 bits per heavy atom. The number of hydrogen-bond acceptors (Lipinski definition) is 3. The van der Waals surface area contributed by atoms with E-state index in [1.54, 1.807) is 0 Å². The van der Waals surface area contributed by atoms with Gasteiger partial charge in [-0.05, 0) is 37.0 Å². The van der Waals surface area contributed by atoms with Crippen molar-refractivity contribution in [3.63, 3.8) is 0 Å². The molecule has 0 spiro atoms.